The summed E-state index contributed by atoms with van der Waals surface area (Å²) < 4.78 is 5.22. The highest BCUT2D eigenvalue weighted by molar-refractivity contribution is 5.86. The average Bonchev–Trinajstić information content (AvgIpc) is 2.63. The molecule has 0 heterocycles. The predicted molar refractivity (Wildman–Crippen MR) is 114 cm³/mol. The third kappa shape index (κ3) is 16.7. The lowest BCUT2D eigenvalue weighted by atomic mass is 9.95. The molecule has 2 heteroatoms. The van der Waals surface area contributed by atoms with Gasteiger partial charge in [0.25, 0.3) is 0 Å². The Morgan fingerprint density at radius 2 is 1.23 bits per heavy atom. The minimum absolute atomic E-state index is 0.249. The molecule has 0 aromatic heterocycles. The summed E-state index contributed by atoms with van der Waals surface area (Å²) in [7, 11) is 0. The van der Waals surface area contributed by atoms with E-state index in [0.717, 1.165) is 6.42 Å². The van der Waals surface area contributed by atoms with Crippen LogP contribution < -0.4 is 0 Å². The summed E-state index contributed by atoms with van der Waals surface area (Å²) in [6.07, 6.45) is 21.7. The molecule has 154 valence electrons. The van der Waals surface area contributed by atoms with Crippen molar-refractivity contribution < 1.29 is 9.53 Å². The van der Waals surface area contributed by atoms with Crippen LogP contribution in [-0.2, 0) is 9.53 Å². The van der Waals surface area contributed by atoms with Crippen molar-refractivity contribution in [2.24, 2.45) is 5.92 Å². The summed E-state index contributed by atoms with van der Waals surface area (Å²) >= 11 is 0. The number of carbonyl (C=O) groups excluding carboxylic acids is 1. The molecule has 0 aromatic rings. The van der Waals surface area contributed by atoms with Gasteiger partial charge in [-0.3, -0.25) is 0 Å². The van der Waals surface area contributed by atoms with E-state index in [0.29, 0.717) is 18.1 Å². The van der Waals surface area contributed by atoms with Crippen molar-refractivity contribution in [1.82, 2.24) is 0 Å². The molecular weight excluding hydrogens is 320 g/mol. The highest BCUT2D eigenvalue weighted by Crippen LogP contribution is 2.19. The van der Waals surface area contributed by atoms with E-state index in [1.165, 1.54) is 96.3 Å². The zero-order valence-electron chi connectivity index (χ0n) is 18.1. The van der Waals surface area contributed by atoms with Gasteiger partial charge in [-0.05, 0) is 19.3 Å². The van der Waals surface area contributed by atoms with Gasteiger partial charge < -0.3 is 4.74 Å². The van der Waals surface area contributed by atoms with Gasteiger partial charge in [-0.15, -0.1) is 0 Å². The third-order valence-electron chi connectivity index (χ3n) is 5.40. The molecular formula is C24H46O2. The Morgan fingerprint density at radius 3 is 1.65 bits per heavy atom. The zero-order valence-corrected chi connectivity index (χ0v) is 18.1. The Balaban J connectivity index is 3.36. The lowest BCUT2D eigenvalue weighted by Crippen LogP contribution is -2.10. The van der Waals surface area contributed by atoms with Crippen LogP contribution in [0.2, 0.25) is 0 Å². The Labute approximate surface area is 164 Å². The smallest absolute Gasteiger partial charge is 0.333 e. The highest BCUT2D eigenvalue weighted by Gasteiger charge is 2.08. The van der Waals surface area contributed by atoms with Crippen molar-refractivity contribution >= 4 is 5.97 Å². The molecule has 2 nitrogen and oxygen atoms in total. The lowest BCUT2D eigenvalue weighted by Gasteiger charge is -2.14. The normalized spacial score (nSPS) is 12.1. The van der Waals surface area contributed by atoms with E-state index in [1.807, 2.05) is 0 Å². The third-order valence-corrected chi connectivity index (χ3v) is 5.40. The van der Waals surface area contributed by atoms with E-state index < -0.39 is 0 Å². The summed E-state index contributed by atoms with van der Waals surface area (Å²) in [5, 5.41) is 0. The second-order valence-corrected chi connectivity index (χ2v) is 8.01. The van der Waals surface area contributed by atoms with Crippen LogP contribution in [0.3, 0.4) is 0 Å². The molecule has 0 rings (SSSR count). The van der Waals surface area contributed by atoms with Crippen LogP contribution in [0.4, 0.5) is 0 Å². The Kier molecular flexibility index (Phi) is 18.4. The fourth-order valence-electron chi connectivity index (χ4n) is 3.44. The minimum Gasteiger partial charge on any atom is -0.462 e. The molecule has 0 aliphatic heterocycles. The molecule has 0 saturated carbocycles. The molecule has 26 heavy (non-hydrogen) atoms. The van der Waals surface area contributed by atoms with Gasteiger partial charge in [0.15, 0.2) is 0 Å². The topological polar surface area (TPSA) is 26.3 Å². The first-order chi connectivity index (χ1) is 12.6. The van der Waals surface area contributed by atoms with Crippen LogP contribution in [0, 0.1) is 5.92 Å². The van der Waals surface area contributed by atoms with Gasteiger partial charge in [0.1, 0.15) is 0 Å². The van der Waals surface area contributed by atoms with E-state index in [9.17, 15) is 4.79 Å². The van der Waals surface area contributed by atoms with Crippen molar-refractivity contribution in [3.63, 3.8) is 0 Å². The van der Waals surface area contributed by atoms with Crippen LogP contribution in [-0.4, -0.2) is 12.6 Å². The van der Waals surface area contributed by atoms with Crippen LogP contribution in [0.1, 0.15) is 124 Å². The van der Waals surface area contributed by atoms with Gasteiger partial charge in [0, 0.05) is 5.57 Å². The van der Waals surface area contributed by atoms with Crippen LogP contribution in [0.5, 0.6) is 0 Å². The van der Waals surface area contributed by atoms with Crippen molar-refractivity contribution in [2.75, 3.05) is 6.61 Å². The Morgan fingerprint density at radius 1 is 0.769 bits per heavy atom. The fraction of sp³-hybridized carbons (Fsp3) is 0.875. The van der Waals surface area contributed by atoms with E-state index in [4.69, 9.17) is 4.74 Å². The highest BCUT2D eigenvalue weighted by atomic mass is 16.5. The molecule has 0 aliphatic rings. The molecule has 0 aromatic carbocycles. The number of hydrogen-bond acceptors (Lipinski definition) is 2. The largest absolute Gasteiger partial charge is 0.462 e. The second-order valence-electron chi connectivity index (χ2n) is 8.01. The van der Waals surface area contributed by atoms with E-state index in [2.05, 4.69) is 20.4 Å². The standard InChI is InChI=1S/C24H46O2/c1-5-7-8-9-10-11-12-13-14-15-16-17-18-19-23(6-2)20-21-26-24(25)22(3)4/h23H,3,5-21H2,1-2,4H3. The summed E-state index contributed by atoms with van der Waals surface area (Å²) in [5.74, 6) is 0.446. The first-order valence-electron chi connectivity index (χ1n) is 11.4. The Hall–Kier alpha value is -0.790. The van der Waals surface area contributed by atoms with Gasteiger partial charge >= 0.3 is 5.97 Å². The van der Waals surface area contributed by atoms with Crippen LogP contribution in [0.15, 0.2) is 12.2 Å². The molecule has 0 radical (unpaired) electrons. The van der Waals surface area contributed by atoms with Crippen LogP contribution >= 0.6 is 0 Å². The molecule has 0 amide bonds. The molecule has 0 bridgehead atoms. The first kappa shape index (κ1) is 25.2. The molecule has 0 saturated heterocycles. The van der Waals surface area contributed by atoms with E-state index >= 15 is 0 Å². The number of esters is 1. The number of ether oxygens (including phenoxy) is 1. The van der Waals surface area contributed by atoms with Gasteiger partial charge in [0.2, 0.25) is 0 Å². The maximum absolute atomic E-state index is 11.4. The average molecular weight is 367 g/mol. The van der Waals surface area contributed by atoms with Gasteiger partial charge in [-0.1, -0.05) is 117 Å². The van der Waals surface area contributed by atoms with Crippen molar-refractivity contribution in [3.05, 3.63) is 12.2 Å². The fourth-order valence-corrected chi connectivity index (χ4v) is 3.44. The quantitative estimate of drug-likeness (QED) is 0.131. The number of unbranched alkanes of at least 4 members (excludes halogenated alkanes) is 12. The van der Waals surface area contributed by atoms with Gasteiger partial charge in [0.05, 0.1) is 6.61 Å². The lowest BCUT2D eigenvalue weighted by molar-refractivity contribution is -0.139. The van der Waals surface area contributed by atoms with Crippen molar-refractivity contribution in [3.8, 4) is 0 Å². The summed E-state index contributed by atoms with van der Waals surface area (Å²) in [5.41, 5.74) is 0.495. The molecule has 1 unspecified atom stereocenters. The summed E-state index contributed by atoms with van der Waals surface area (Å²) in [6.45, 7) is 10.4. The van der Waals surface area contributed by atoms with Crippen molar-refractivity contribution in [2.45, 2.75) is 124 Å². The van der Waals surface area contributed by atoms with Gasteiger partial charge in [-0.25, -0.2) is 4.79 Å². The molecule has 0 aliphatic carbocycles. The van der Waals surface area contributed by atoms with E-state index in [1.54, 1.807) is 6.92 Å². The molecule has 0 fully saturated rings. The molecule has 0 spiro atoms. The van der Waals surface area contributed by atoms with Crippen LogP contribution in [0.25, 0.3) is 0 Å². The minimum atomic E-state index is -0.249. The first-order valence-corrected chi connectivity index (χ1v) is 11.4. The second kappa shape index (κ2) is 19.0. The maximum atomic E-state index is 11.4. The summed E-state index contributed by atoms with van der Waals surface area (Å²) in [6, 6.07) is 0. The molecule has 1 atom stereocenters. The number of carbonyl (C=O) groups is 1. The number of rotatable bonds is 19. The Bertz CT molecular complexity index is 335. The SMILES string of the molecule is C=C(C)C(=O)OCCC(CC)CCCCCCCCCCCCCCC. The monoisotopic (exact) mass is 366 g/mol. The maximum Gasteiger partial charge on any atom is 0.333 e. The predicted octanol–water partition coefficient (Wildman–Crippen LogP) is 8.00. The summed E-state index contributed by atoms with van der Waals surface area (Å²) in [4.78, 5) is 11.4. The number of hydrogen-bond donors (Lipinski definition) is 0. The molecule has 0 N–H and O–H groups in total. The van der Waals surface area contributed by atoms with Crippen molar-refractivity contribution in [1.29, 1.82) is 0 Å². The van der Waals surface area contributed by atoms with Gasteiger partial charge in [-0.2, -0.15) is 0 Å². The van der Waals surface area contributed by atoms with E-state index in [-0.39, 0.29) is 5.97 Å². The zero-order chi connectivity index (χ0) is 19.5.